The molecule has 3 aromatic rings. The minimum absolute atomic E-state index is 0.0475. The van der Waals surface area contributed by atoms with Gasteiger partial charge in [0.1, 0.15) is 10.8 Å². The van der Waals surface area contributed by atoms with Gasteiger partial charge in [-0.15, -0.1) is 11.3 Å². The van der Waals surface area contributed by atoms with Crippen molar-refractivity contribution in [1.82, 2.24) is 4.98 Å². The molecule has 4 nitrogen and oxygen atoms in total. The zero-order chi connectivity index (χ0) is 23.6. The number of amides is 1. The Bertz CT molecular complexity index is 1250. The van der Waals surface area contributed by atoms with E-state index in [1.807, 2.05) is 79.1 Å². The number of thiazole rings is 1. The Kier molecular flexibility index (Phi) is 8.33. The van der Waals surface area contributed by atoms with E-state index in [9.17, 15) is 9.90 Å². The van der Waals surface area contributed by atoms with Gasteiger partial charge in [-0.05, 0) is 36.3 Å². The van der Waals surface area contributed by atoms with Crippen LogP contribution in [0.5, 0.6) is 0 Å². The van der Waals surface area contributed by atoms with Gasteiger partial charge in [0, 0.05) is 22.2 Å². The van der Waals surface area contributed by atoms with Gasteiger partial charge >= 0.3 is 0 Å². The highest BCUT2D eigenvalue weighted by atomic mass is 32.1. The summed E-state index contributed by atoms with van der Waals surface area (Å²) < 4.78 is 0. The molecule has 0 aliphatic rings. The van der Waals surface area contributed by atoms with E-state index in [2.05, 4.69) is 23.5 Å². The number of benzene rings is 2. The van der Waals surface area contributed by atoms with Crippen LogP contribution in [0.2, 0.25) is 0 Å². The fourth-order valence-electron chi connectivity index (χ4n) is 3.25. The summed E-state index contributed by atoms with van der Waals surface area (Å²) in [5.74, 6) is -0.214. The van der Waals surface area contributed by atoms with Crippen LogP contribution >= 0.6 is 11.3 Å². The van der Waals surface area contributed by atoms with Crippen molar-refractivity contribution >= 4 is 46.4 Å². The highest BCUT2D eigenvalue weighted by Gasteiger charge is 2.10. The number of hydrogen-bond acceptors (Lipinski definition) is 4. The molecule has 33 heavy (non-hydrogen) atoms. The standard InChI is InChI=1S/C28H26N2O2S/c1-4-9-22(10-5-2)26-19-33-28(30-26)16-15-21-11-8-13-24(17-21)29-27(32)18-23-12-6-7-14-25(23)20(3)31/h4-17,19,31H,1,3,18H2,2H3,(H,29,32)/b10-5-,16-15+,22-9+. The van der Waals surface area contributed by atoms with Crippen LogP contribution in [-0.2, 0) is 11.2 Å². The zero-order valence-corrected chi connectivity index (χ0v) is 19.3. The third-order valence-corrected chi connectivity index (χ3v) is 5.54. The van der Waals surface area contributed by atoms with Crippen molar-refractivity contribution in [3.05, 3.63) is 119 Å². The first-order valence-corrected chi connectivity index (χ1v) is 11.3. The minimum Gasteiger partial charge on any atom is -0.508 e. The highest BCUT2D eigenvalue weighted by molar-refractivity contribution is 7.10. The predicted octanol–water partition coefficient (Wildman–Crippen LogP) is 7.17. The van der Waals surface area contributed by atoms with Crippen LogP contribution in [0.4, 0.5) is 5.69 Å². The average Bonchev–Trinajstić information content (AvgIpc) is 3.27. The molecule has 0 aliphatic carbocycles. The molecule has 0 atom stereocenters. The van der Waals surface area contributed by atoms with E-state index in [4.69, 9.17) is 0 Å². The van der Waals surface area contributed by atoms with E-state index >= 15 is 0 Å². The number of nitrogens with one attached hydrogen (secondary N) is 1. The van der Waals surface area contributed by atoms with E-state index in [1.165, 1.54) is 0 Å². The maximum absolute atomic E-state index is 12.6. The number of aliphatic hydroxyl groups is 1. The number of carbonyl (C=O) groups excluding carboxylic acids is 1. The molecule has 166 valence electrons. The third-order valence-electron chi connectivity index (χ3n) is 4.73. The number of allylic oxidation sites excluding steroid dienone is 5. The zero-order valence-electron chi connectivity index (χ0n) is 18.5. The monoisotopic (exact) mass is 454 g/mol. The van der Waals surface area contributed by atoms with Crippen molar-refractivity contribution in [2.24, 2.45) is 0 Å². The Balaban J connectivity index is 1.69. The van der Waals surface area contributed by atoms with Crippen molar-refractivity contribution in [2.75, 3.05) is 5.32 Å². The SMILES string of the molecule is C=C/C=C(\C=C/C)c1csc(/C=C/c2cccc(NC(=O)Cc3ccccc3C(=C)O)c2)n1. The molecule has 0 saturated carbocycles. The smallest absolute Gasteiger partial charge is 0.228 e. The summed E-state index contributed by atoms with van der Waals surface area (Å²) in [5, 5.41) is 15.6. The van der Waals surface area contributed by atoms with Gasteiger partial charge in [-0.1, -0.05) is 79.9 Å². The number of aliphatic hydroxyl groups excluding tert-OH is 1. The second-order valence-electron chi connectivity index (χ2n) is 7.22. The first-order valence-electron chi connectivity index (χ1n) is 10.5. The van der Waals surface area contributed by atoms with Crippen molar-refractivity contribution in [3.8, 4) is 0 Å². The lowest BCUT2D eigenvalue weighted by Gasteiger charge is -2.09. The molecular weight excluding hydrogens is 428 g/mol. The van der Waals surface area contributed by atoms with Crippen molar-refractivity contribution in [3.63, 3.8) is 0 Å². The maximum Gasteiger partial charge on any atom is 0.228 e. The Hall–Kier alpha value is -3.96. The van der Waals surface area contributed by atoms with Crippen molar-refractivity contribution in [2.45, 2.75) is 13.3 Å². The van der Waals surface area contributed by atoms with Crippen LogP contribution < -0.4 is 5.32 Å². The highest BCUT2D eigenvalue weighted by Crippen LogP contribution is 2.22. The van der Waals surface area contributed by atoms with E-state index in [-0.39, 0.29) is 18.1 Å². The molecule has 0 radical (unpaired) electrons. The summed E-state index contributed by atoms with van der Waals surface area (Å²) in [7, 11) is 0. The molecule has 1 heterocycles. The van der Waals surface area contributed by atoms with E-state index < -0.39 is 0 Å². The van der Waals surface area contributed by atoms with Crippen LogP contribution in [0, 0.1) is 0 Å². The Morgan fingerprint density at radius 2 is 2.00 bits per heavy atom. The Morgan fingerprint density at radius 1 is 1.18 bits per heavy atom. The summed E-state index contributed by atoms with van der Waals surface area (Å²) in [4.78, 5) is 17.2. The molecule has 3 rings (SSSR count). The molecule has 0 bridgehead atoms. The van der Waals surface area contributed by atoms with Gasteiger partial charge < -0.3 is 10.4 Å². The average molecular weight is 455 g/mol. The second-order valence-corrected chi connectivity index (χ2v) is 8.11. The number of anilines is 1. The topological polar surface area (TPSA) is 62.2 Å². The maximum atomic E-state index is 12.6. The number of rotatable bonds is 9. The summed E-state index contributed by atoms with van der Waals surface area (Å²) >= 11 is 1.56. The van der Waals surface area contributed by atoms with Crippen molar-refractivity contribution < 1.29 is 9.90 Å². The summed E-state index contributed by atoms with van der Waals surface area (Å²) in [5.41, 5.74) is 4.87. The summed E-state index contributed by atoms with van der Waals surface area (Å²) in [6.45, 7) is 9.30. The van der Waals surface area contributed by atoms with E-state index in [0.29, 0.717) is 11.3 Å². The molecular formula is C28H26N2O2S. The van der Waals surface area contributed by atoms with E-state index in [0.717, 1.165) is 27.4 Å². The fraction of sp³-hybridized carbons (Fsp3) is 0.0714. The lowest BCUT2D eigenvalue weighted by atomic mass is 10.0. The Morgan fingerprint density at radius 3 is 2.76 bits per heavy atom. The van der Waals surface area contributed by atoms with Gasteiger partial charge in [0.2, 0.25) is 5.91 Å². The molecule has 0 saturated heterocycles. The lowest BCUT2D eigenvalue weighted by Crippen LogP contribution is -2.15. The third kappa shape index (κ3) is 6.76. The molecule has 1 amide bonds. The second kappa shape index (κ2) is 11.6. The molecule has 5 heteroatoms. The number of carbonyl (C=O) groups is 1. The number of nitrogens with zero attached hydrogens (tertiary/aromatic N) is 1. The summed E-state index contributed by atoms with van der Waals surface area (Å²) in [6, 6.07) is 14.8. The van der Waals surface area contributed by atoms with Gasteiger partial charge in [0.15, 0.2) is 0 Å². The van der Waals surface area contributed by atoms with Gasteiger partial charge in [0.25, 0.3) is 0 Å². The van der Waals surface area contributed by atoms with Gasteiger partial charge in [-0.3, -0.25) is 4.79 Å². The van der Waals surface area contributed by atoms with E-state index in [1.54, 1.807) is 29.5 Å². The normalized spacial score (nSPS) is 11.7. The van der Waals surface area contributed by atoms with Crippen molar-refractivity contribution in [1.29, 1.82) is 0 Å². The molecule has 0 spiro atoms. The molecule has 2 aromatic carbocycles. The van der Waals surface area contributed by atoms with Gasteiger partial charge in [-0.2, -0.15) is 0 Å². The molecule has 0 fully saturated rings. The molecule has 2 N–H and O–H groups in total. The predicted molar refractivity (Wildman–Crippen MR) is 141 cm³/mol. The summed E-state index contributed by atoms with van der Waals surface area (Å²) in [6.07, 6.45) is 11.7. The molecule has 0 unspecified atom stereocenters. The van der Waals surface area contributed by atoms with Crippen LogP contribution in [0.1, 0.15) is 34.3 Å². The van der Waals surface area contributed by atoms with Gasteiger partial charge in [0.05, 0.1) is 12.1 Å². The number of aromatic nitrogens is 1. The molecule has 0 aliphatic heterocycles. The minimum atomic E-state index is -0.167. The quantitative estimate of drug-likeness (QED) is 0.266. The number of hydrogen-bond donors (Lipinski definition) is 2. The lowest BCUT2D eigenvalue weighted by molar-refractivity contribution is -0.115. The van der Waals surface area contributed by atoms with Crippen LogP contribution in [0.3, 0.4) is 0 Å². The fourth-order valence-corrected chi connectivity index (χ4v) is 3.97. The van der Waals surface area contributed by atoms with Crippen LogP contribution in [0.15, 0.2) is 91.4 Å². The van der Waals surface area contributed by atoms with Gasteiger partial charge in [-0.25, -0.2) is 4.98 Å². The Labute approximate surface area is 198 Å². The van der Waals surface area contributed by atoms with Crippen LogP contribution in [-0.4, -0.2) is 16.0 Å². The first kappa shape index (κ1) is 23.7. The first-order chi connectivity index (χ1) is 16.0. The van der Waals surface area contributed by atoms with Crippen LogP contribution in [0.25, 0.3) is 23.5 Å². The largest absolute Gasteiger partial charge is 0.508 e. The molecule has 1 aromatic heterocycles.